The Morgan fingerprint density at radius 1 is 1.24 bits per heavy atom. The van der Waals surface area contributed by atoms with E-state index in [-0.39, 0.29) is 5.41 Å². The topological polar surface area (TPSA) is 29.9 Å². The van der Waals surface area contributed by atoms with E-state index in [1.54, 1.807) is 0 Å². The van der Waals surface area contributed by atoms with Gasteiger partial charge in [0, 0.05) is 29.9 Å². The molecule has 0 saturated carbocycles. The van der Waals surface area contributed by atoms with Crippen molar-refractivity contribution in [2.45, 2.75) is 37.1 Å². The van der Waals surface area contributed by atoms with Gasteiger partial charge < -0.3 is 5.32 Å². The van der Waals surface area contributed by atoms with Crippen molar-refractivity contribution < 1.29 is 0 Å². The van der Waals surface area contributed by atoms with Crippen LogP contribution in [0.1, 0.15) is 37.9 Å². The summed E-state index contributed by atoms with van der Waals surface area (Å²) in [5, 5.41) is 7.61. The molecular formula is C17H25N3S. The van der Waals surface area contributed by atoms with Crippen LogP contribution in [0.15, 0.2) is 41.6 Å². The van der Waals surface area contributed by atoms with Crippen LogP contribution in [-0.2, 0) is 12.5 Å². The second-order valence-electron chi connectivity index (χ2n) is 6.37. The lowest BCUT2D eigenvalue weighted by Crippen LogP contribution is -2.19. The first kappa shape index (κ1) is 16.1. The van der Waals surface area contributed by atoms with Crippen molar-refractivity contribution in [3.8, 4) is 0 Å². The van der Waals surface area contributed by atoms with Crippen LogP contribution in [0.25, 0.3) is 0 Å². The average molecular weight is 303 g/mol. The lowest BCUT2D eigenvalue weighted by atomic mass is 9.86. The number of aromatic nitrogens is 2. The minimum atomic E-state index is 0.206. The Labute approximate surface area is 132 Å². The number of rotatable bonds is 5. The number of nitrogens with zero attached hydrogens (tertiary/aromatic N) is 2. The van der Waals surface area contributed by atoms with Crippen molar-refractivity contribution in [3.05, 3.63) is 47.8 Å². The largest absolute Gasteiger partial charge is 0.312 e. The quantitative estimate of drug-likeness (QED) is 0.853. The smallest absolute Gasteiger partial charge is 0.0625 e. The van der Waals surface area contributed by atoms with E-state index >= 15 is 0 Å². The molecule has 0 aliphatic rings. The third-order valence-electron chi connectivity index (χ3n) is 3.63. The summed E-state index contributed by atoms with van der Waals surface area (Å²) in [6, 6.07) is 9.32. The Morgan fingerprint density at radius 3 is 2.38 bits per heavy atom. The Balaban J connectivity index is 2.03. The molecule has 21 heavy (non-hydrogen) atoms. The zero-order valence-corrected chi connectivity index (χ0v) is 14.4. The third-order valence-corrected chi connectivity index (χ3v) is 4.67. The number of hydrogen-bond donors (Lipinski definition) is 1. The van der Waals surface area contributed by atoms with Crippen LogP contribution in [-0.4, -0.2) is 22.6 Å². The summed E-state index contributed by atoms with van der Waals surface area (Å²) in [4.78, 5) is 1.21. The second kappa shape index (κ2) is 6.67. The molecule has 0 bridgehead atoms. The van der Waals surface area contributed by atoms with Crippen LogP contribution < -0.4 is 5.32 Å². The summed E-state index contributed by atoms with van der Waals surface area (Å²) in [7, 11) is 3.97. The average Bonchev–Trinajstić information content (AvgIpc) is 2.85. The van der Waals surface area contributed by atoms with Crippen LogP contribution in [0.4, 0.5) is 0 Å². The molecule has 2 aromatic rings. The van der Waals surface area contributed by atoms with Crippen LogP contribution in [0, 0.1) is 0 Å². The summed E-state index contributed by atoms with van der Waals surface area (Å²) in [5.41, 5.74) is 2.92. The fourth-order valence-electron chi connectivity index (χ4n) is 2.21. The maximum Gasteiger partial charge on any atom is 0.0625 e. The molecule has 0 spiro atoms. The second-order valence-corrected chi connectivity index (χ2v) is 7.47. The van der Waals surface area contributed by atoms with Crippen molar-refractivity contribution in [1.82, 2.24) is 15.1 Å². The number of hydrogen-bond acceptors (Lipinski definition) is 3. The highest BCUT2D eigenvalue weighted by atomic mass is 32.2. The van der Waals surface area contributed by atoms with Gasteiger partial charge in [-0.25, -0.2) is 0 Å². The molecule has 1 aromatic heterocycles. The van der Waals surface area contributed by atoms with E-state index in [9.17, 15) is 0 Å². The molecule has 0 aliphatic heterocycles. The van der Waals surface area contributed by atoms with Crippen LogP contribution in [0.5, 0.6) is 0 Å². The van der Waals surface area contributed by atoms with Crippen molar-refractivity contribution in [3.63, 3.8) is 0 Å². The number of aryl methyl sites for hydroxylation is 1. The molecule has 0 saturated heterocycles. The fourth-order valence-corrected chi connectivity index (χ4v) is 3.28. The fraction of sp³-hybridized carbons (Fsp3) is 0.471. The van der Waals surface area contributed by atoms with Gasteiger partial charge in [0.15, 0.2) is 0 Å². The molecule has 0 radical (unpaired) electrons. The Hall–Kier alpha value is -1.26. The maximum atomic E-state index is 4.21. The monoisotopic (exact) mass is 303 g/mol. The summed E-state index contributed by atoms with van der Waals surface area (Å²) < 4.78 is 1.84. The van der Waals surface area contributed by atoms with Gasteiger partial charge in [-0.15, -0.1) is 11.8 Å². The van der Waals surface area contributed by atoms with Gasteiger partial charge in [-0.2, -0.15) is 5.10 Å². The molecule has 1 atom stereocenters. The summed E-state index contributed by atoms with van der Waals surface area (Å²) in [6.07, 6.45) is 3.97. The van der Waals surface area contributed by atoms with Crippen LogP contribution in [0.3, 0.4) is 0 Å². The zero-order chi connectivity index (χ0) is 15.5. The van der Waals surface area contributed by atoms with Crippen LogP contribution >= 0.6 is 11.8 Å². The molecule has 0 aliphatic carbocycles. The first-order valence-corrected chi connectivity index (χ1v) is 8.28. The molecule has 1 N–H and O–H groups in total. The molecular weight excluding hydrogens is 278 g/mol. The highest BCUT2D eigenvalue weighted by Crippen LogP contribution is 2.27. The molecule has 0 amide bonds. The Bertz CT molecular complexity index is 566. The van der Waals surface area contributed by atoms with Gasteiger partial charge in [0.05, 0.1) is 6.20 Å². The normalized spacial score (nSPS) is 13.4. The molecule has 1 unspecified atom stereocenters. The van der Waals surface area contributed by atoms with Crippen molar-refractivity contribution in [1.29, 1.82) is 0 Å². The van der Waals surface area contributed by atoms with Crippen LogP contribution in [0.2, 0.25) is 0 Å². The molecule has 114 valence electrons. The maximum absolute atomic E-state index is 4.21. The predicted molar refractivity (Wildman–Crippen MR) is 90.9 cm³/mol. The Kier molecular flexibility index (Phi) is 5.12. The molecule has 0 fully saturated rings. The lowest BCUT2D eigenvalue weighted by Gasteiger charge is -2.21. The minimum Gasteiger partial charge on any atom is -0.312 e. The summed E-state index contributed by atoms with van der Waals surface area (Å²) in [6.45, 7) is 6.74. The highest BCUT2D eigenvalue weighted by Gasteiger charge is 2.15. The number of thioether (sulfide) groups is 1. The summed E-state index contributed by atoms with van der Waals surface area (Å²) in [5.74, 6) is 0.997. The standard InChI is InChI=1S/C17H25N3S/c1-17(2,3)14-8-6-13(7-9-14)16(18-4)12-21-15-10-19-20(5)11-15/h6-11,16,18H,12H2,1-5H3. The minimum absolute atomic E-state index is 0.206. The van der Waals surface area contributed by atoms with Gasteiger partial charge in [-0.1, -0.05) is 45.0 Å². The van der Waals surface area contributed by atoms with E-state index in [0.29, 0.717) is 6.04 Å². The molecule has 4 heteroatoms. The first-order valence-electron chi connectivity index (χ1n) is 7.29. The van der Waals surface area contributed by atoms with Gasteiger partial charge in [0.25, 0.3) is 0 Å². The highest BCUT2D eigenvalue weighted by molar-refractivity contribution is 7.99. The number of benzene rings is 1. The van der Waals surface area contributed by atoms with Crippen molar-refractivity contribution in [2.24, 2.45) is 7.05 Å². The number of nitrogens with one attached hydrogen (secondary N) is 1. The van der Waals surface area contributed by atoms with E-state index in [2.05, 4.69) is 61.6 Å². The summed E-state index contributed by atoms with van der Waals surface area (Å²) >= 11 is 1.83. The molecule has 1 aromatic carbocycles. The zero-order valence-electron chi connectivity index (χ0n) is 13.6. The van der Waals surface area contributed by atoms with Gasteiger partial charge in [0.1, 0.15) is 0 Å². The van der Waals surface area contributed by atoms with Gasteiger partial charge in [0.2, 0.25) is 0 Å². The molecule has 3 nitrogen and oxygen atoms in total. The van der Waals surface area contributed by atoms with Gasteiger partial charge in [-0.05, 0) is 23.6 Å². The van der Waals surface area contributed by atoms with Crippen molar-refractivity contribution >= 4 is 11.8 Å². The van der Waals surface area contributed by atoms with Gasteiger partial charge >= 0.3 is 0 Å². The van der Waals surface area contributed by atoms with Crippen molar-refractivity contribution in [2.75, 3.05) is 12.8 Å². The first-order chi connectivity index (χ1) is 9.90. The van der Waals surface area contributed by atoms with E-state index in [0.717, 1.165) is 5.75 Å². The molecule has 2 rings (SSSR count). The van der Waals surface area contributed by atoms with E-state index in [1.807, 2.05) is 36.7 Å². The molecule has 1 heterocycles. The van der Waals surface area contributed by atoms with Gasteiger partial charge in [-0.3, -0.25) is 4.68 Å². The SMILES string of the molecule is CNC(CSc1cnn(C)c1)c1ccc(C(C)(C)C)cc1. The Morgan fingerprint density at radius 2 is 1.90 bits per heavy atom. The third kappa shape index (κ3) is 4.35. The van der Waals surface area contributed by atoms with E-state index in [1.165, 1.54) is 16.0 Å². The predicted octanol–water partition coefficient (Wildman–Crippen LogP) is 3.77. The lowest BCUT2D eigenvalue weighted by molar-refractivity contribution is 0.588. The van der Waals surface area contributed by atoms with E-state index < -0.39 is 0 Å². The van der Waals surface area contributed by atoms with E-state index in [4.69, 9.17) is 0 Å².